The molecule has 88 valence electrons. The number of nitrogens with one attached hydrogen (secondary N) is 2. The Hall–Kier alpha value is -2.09. The fourth-order valence-corrected chi connectivity index (χ4v) is 0.978. The third-order valence-corrected chi connectivity index (χ3v) is 1.74. The van der Waals surface area contributed by atoms with E-state index in [9.17, 15) is 9.59 Å². The normalized spacial score (nSPS) is 11.9. The number of nitrogens with zero attached hydrogens (tertiary/aromatic N) is 2. The first kappa shape index (κ1) is 12.0. The Balaban J connectivity index is 2.50. The van der Waals surface area contributed by atoms with Gasteiger partial charge in [0.1, 0.15) is 0 Å². The van der Waals surface area contributed by atoms with Crippen LogP contribution < -0.4 is 10.6 Å². The number of anilines is 1. The number of carboxylic acids is 1. The molecule has 8 heteroatoms. The van der Waals surface area contributed by atoms with Crippen LogP contribution in [0.15, 0.2) is 12.3 Å². The third kappa shape index (κ3) is 3.24. The van der Waals surface area contributed by atoms with Crippen molar-refractivity contribution in [1.29, 1.82) is 0 Å². The van der Waals surface area contributed by atoms with Crippen LogP contribution in [0, 0.1) is 0 Å². The second-order valence-corrected chi connectivity index (χ2v) is 3.05. The Bertz CT molecular complexity index is 389. The number of aliphatic hydroxyl groups excluding tert-OH is 1. The molecule has 16 heavy (non-hydrogen) atoms. The molecule has 0 bridgehead atoms. The molecule has 1 atom stereocenters. The van der Waals surface area contributed by atoms with E-state index in [1.165, 1.54) is 4.68 Å². The van der Waals surface area contributed by atoms with Crippen molar-refractivity contribution >= 4 is 17.8 Å². The number of hydrogen-bond donors (Lipinski definition) is 4. The molecule has 0 aliphatic heterocycles. The van der Waals surface area contributed by atoms with Gasteiger partial charge in [0.05, 0.1) is 6.61 Å². The lowest BCUT2D eigenvalue weighted by molar-refractivity contribution is -0.140. The Morgan fingerprint density at radius 2 is 2.31 bits per heavy atom. The molecule has 0 aliphatic rings. The van der Waals surface area contributed by atoms with Crippen molar-refractivity contribution in [2.24, 2.45) is 7.05 Å². The summed E-state index contributed by atoms with van der Waals surface area (Å²) in [5.74, 6) is -1.01. The predicted octanol–water partition coefficient (Wildman–Crippen LogP) is -1.01. The Kier molecular flexibility index (Phi) is 3.84. The highest BCUT2D eigenvalue weighted by atomic mass is 16.4. The number of hydrogen-bond acceptors (Lipinski definition) is 4. The lowest BCUT2D eigenvalue weighted by Crippen LogP contribution is -2.45. The van der Waals surface area contributed by atoms with Gasteiger partial charge in [0.25, 0.3) is 0 Å². The summed E-state index contributed by atoms with van der Waals surface area (Å²) in [6.07, 6.45) is 1.62. The molecule has 0 fully saturated rings. The fraction of sp³-hybridized carbons (Fsp3) is 0.375. The number of rotatable bonds is 4. The van der Waals surface area contributed by atoms with Crippen LogP contribution in [0.4, 0.5) is 10.6 Å². The molecule has 1 aromatic heterocycles. The fourth-order valence-electron chi connectivity index (χ4n) is 0.978. The van der Waals surface area contributed by atoms with Crippen molar-refractivity contribution in [2.75, 3.05) is 11.9 Å². The zero-order valence-corrected chi connectivity index (χ0v) is 8.54. The smallest absolute Gasteiger partial charge is 0.328 e. The Morgan fingerprint density at radius 1 is 1.62 bits per heavy atom. The van der Waals surface area contributed by atoms with Crippen LogP contribution in [0.25, 0.3) is 0 Å². The molecule has 0 aromatic carbocycles. The topological polar surface area (TPSA) is 116 Å². The van der Waals surface area contributed by atoms with Crippen LogP contribution in [0.3, 0.4) is 0 Å². The zero-order valence-electron chi connectivity index (χ0n) is 8.54. The Labute approximate surface area is 90.9 Å². The van der Waals surface area contributed by atoms with Gasteiger partial charge < -0.3 is 15.5 Å². The van der Waals surface area contributed by atoms with Gasteiger partial charge >= 0.3 is 12.0 Å². The van der Waals surface area contributed by atoms with E-state index >= 15 is 0 Å². The zero-order chi connectivity index (χ0) is 12.1. The number of urea groups is 1. The number of carbonyl (C=O) groups is 2. The summed E-state index contributed by atoms with van der Waals surface area (Å²) < 4.78 is 1.48. The minimum Gasteiger partial charge on any atom is -0.480 e. The summed E-state index contributed by atoms with van der Waals surface area (Å²) in [4.78, 5) is 21.7. The van der Waals surface area contributed by atoms with E-state index in [2.05, 4.69) is 15.7 Å². The van der Waals surface area contributed by atoms with E-state index in [1.54, 1.807) is 19.3 Å². The highest BCUT2D eigenvalue weighted by Crippen LogP contribution is 2.00. The molecule has 0 unspecified atom stereocenters. The van der Waals surface area contributed by atoms with E-state index in [0.29, 0.717) is 5.82 Å². The van der Waals surface area contributed by atoms with E-state index < -0.39 is 24.6 Å². The molecule has 1 heterocycles. The summed E-state index contributed by atoms with van der Waals surface area (Å²) in [5, 5.41) is 25.5. The molecule has 0 saturated heterocycles. The monoisotopic (exact) mass is 228 g/mol. The van der Waals surface area contributed by atoms with Gasteiger partial charge in [-0.2, -0.15) is 5.10 Å². The molecule has 0 spiro atoms. The predicted molar refractivity (Wildman–Crippen MR) is 53.9 cm³/mol. The standard InChI is InChI=1S/C8H12N4O4/c1-12-3-2-6(11-12)10-8(16)9-5(4-13)7(14)15/h2-3,5,13H,4H2,1H3,(H,14,15)(H2,9,10,11,16)/t5-/m0/s1. The highest BCUT2D eigenvalue weighted by Gasteiger charge is 2.18. The highest BCUT2D eigenvalue weighted by molar-refractivity contribution is 5.91. The lowest BCUT2D eigenvalue weighted by Gasteiger charge is -2.11. The summed E-state index contributed by atoms with van der Waals surface area (Å²) in [5.41, 5.74) is 0. The van der Waals surface area contributed by atoms with Crippen molar-refractivity contribution in [3.05, 3.63) is 12.3 Å². The molecular formula is C8H12N4O4. The average Bonchev–Trinajstić information content (AvgIpc) is 2.60. The van der Waals surface area contributed by atoms with Gasteiger partial charge in [-0.15, -0.1) is 0 Å². The third-order valence-electron chi connectivity index (χ3n) is 1.74. The van der Waals surface area contributed by atoms with Crippen LogP contribution in [0.2, 0.25) is 0 Å². The van der Waals surface area contributed by atoms with Crippen molar-refractivity contribution < 1.29 is 19.8 Å². The summed E-state index contributed by atoms with van der Waals surface area (Å²) in [7, 11) is 1.68. The molecule has 0 saturated carbocycles. The van der Waals surface area contributed by atoms with Gasteiger partial charge in [0, 0.05) is 19.3 Å². The maximum atomic E-state index is 11.2. The average molecular weight is 228 g/mol. The largest absolute Gasteiger partial charge is 0.480 e. The summed E-state index contributed by atoms with van der Waals surface area (Å²) in [6, 6.07) is -0.516. The van der Waals surface area contributed by atoms with E-state index in [-0.39, 0.29) is 0 Å². The van der Waals surface area contributed by atoms with E-state index in [4.69, 9.17) is 10.2 Å². The molecular weight excluding hydrogens is 216 g/mol. The number of carboxylic acid groups (broad SMARTS) is 1. The minimum atomic E-state index is -1.33. The number of aryl methyl sites for hydroxylation is 1. The van der Waals surface area contributed by atoms with Crippen molar-refractivity contribution in [1.82, 2.24) is 15.1 Å². The van der Waals surface area contributed by atoms with Crippen LogP contribution >= 0.6 is 0 Å². The van der Waals surface area contributed by atoms with Crippen LogP contribution in [0.1, 0.15) is 0 Å². The van der Waals surface area contributed by atoms with Gasteiger partial charge in [0.2, 0.25) is 0 Å². The molecule has 4 N–H and O–H groups in total. The van der Waals surface area contributed by atoms with Crippen molar-refractivity contribution in [2.45, 2.75) is 6.04 Å². The Morgan fingerprint density at radius 3 is 2.75 bits per heavy atom. The molecule has 1 aromatic rings. The molecule has 1 rings (SSSR count). The van der Waals surface area contributed by atoms with Crippen LogP contribution in [-0.2, 0) is 11.8 Å². The van der Waals surface area contributed by atoms with Crippen LogP contribution in [0.5, 0.6) is 0 Å². The maximum Gasteiger partial charge on any atom is 0.328 e. The summed E-state index contributed by atoms with van der Waals surface area (Å²) >= 11 is 0. The molecule has 2 amide bonds. The first-order valence-electron chi connectivity index (χ1n) is 4.43. The molecule has 8 nitrogen and oxygen atoms in total. The van der Waals surface area contributed by atoms with Crippen molar-refractivity contribution in [3.8, 4) is 0 Å². The van der Waals surface area contributed by atoms with Crippen molar-refractivity contribution in [3.63, 3.8) is 0 Å². The van der Waals surface area contributed by atoms with Gasteiger partial charge in [-0.1, -0.05) is 0 Å². The number of aliphatic hydroxyl groups is 1. The lowest BCUT2D eigenvalue weighted by atomic mass is 10.3. The van der Waals surface area contributed by atoms with Gasteiger partial charge in [-0.25, -0.2) is 9.59 Å². The second-order valence-electron chi connectivity index (χ2n) is 3.05. The van der Waals surface area contributed by atoms with Gasteiger partial charge in [0.15, 0.2) is 11.9 Å². The number of carbonyl (C=O) groups excluding carboxylic acids is 1. The summed E-state index contributed by atoms with van der Waals surface area (Å²) in [6.45, 7) is -0.676. The van der Waals surface area contributed by atoms with Crippen LogP contribution in [-0.4, -0.2) is 44.6 Å². The van der Waals surface area contributed by atoms with Gasteiger partial charge in [-0.3, -0.25) is 10.00 Å². The molecule has 0 radical (unpaired) electrons. The SMILES string of the molecule is Cn1ccc(NC(=O)N[C@@H](CO)C(=O)O)n1. The quantitative estimate of drug-likeness (QED) is 0.526. The minimum absolute atomic E-state index is 0.294. The number of aromatic nitrogens is 2. The molecule has 0 aliphatic carbocycles. The van der Waals surface area contributed by atoms with E-state index in [1.807, 2.05) is 0 Å². The number of amides is 2. The number of aliphatic carboxylic acids is 1. The van der Waals surface area contributed by atoms with Gasteiger partial charge in [-0.05, 0) is 0 Å². The second kappa shape index (κ2) is 5.12. The van der Waals surface area contributed by atoms with E-state index in [0.717, 1.165) is 0 Å². The first-order valence-corrected chi connectivity index (χ1v) is 4.43. The maximum absolute atomic E-state index is 11.2. The first-order chi connectivity index (χ1) is 7.52.